The van der Waals surface area contributed by atoms with Crippen LogP contribution in [0.5, 0.6) is 0 Å². The van der Waals surface area contributed by atoms with Crippen molar-refractivity contribution in [2.45, 2.75) is 0 Å². The number of likely N-dealkylation sites (N-methyl/N-ethyl adjacent to an activating group) is 1. The minimum Gasteiger partial charge on any atom is -0.477 e. The minimum absolute atomic E-state index is 0.160. The summed E-state index contributed by atoms with van der Waals surface area (Å²) in [6.07, 6.45) is 0. The molecule has 1 rings (SSSR count). The molecule has 106 valence electrons. The molecule has 0 spiro atoms. The number of thiophene rings is 1. The maximum Gasteiger partial charge on any atom is 0.345 e. The molecule has 0 unspecified atom stereocenters. The standard InChI is InChI=1S/C12H18N2O4S/c1-14(2)6-8-18-7-5-13-11(15)9-3-4-10(19-9)12(16)17/h3-4H,5-8H2,1-2H3,(H,13,15)(H,16,17). The summed E-state index contributed by atoms with van der Waals surface area (Å²) in [5.41, 5.74) is 0. The van der Waals surface area contributed by atoms with E-state index in [1.165, 1.54) is 12.1 Å². The van der Waals surface area contributed by atoms with Gasteiger partial charge in [0.1, 0.15) is 4.88 Å². The van der Waals surface area contributed by atoms with Gasteiger partial charge in [0.2, 0.25) is 0 Å². The van der Waals surface area contributed by atoms with Crippen molar-refractivity contribution in [2.24, 2.45) is 0 Å². The van der Waals surface area contributed by atoms with Crippen molar-refractivity contribution in [1.29, 1.82) is 0 Å². The Morgan fingerprint density at radius 2 is 2.00 bits per heavy atom. The predicted octanol–water partition coefficient (Wildman–Crippen LogP) is 0.754. The molecule has 0 saturated heterocycles. The monoisotopic (exact) mass is 286 g/mol. The highest BCUT2D eigenvalue weighted by Gasteiger charge is 2.12. The number of hydrogen-bond acceptors (Lipinski definition) is 5. The van der Waals surface area contributed by atoms with Gasteiger partial charge in [-0.15, -0.1) is 11.3 Å². The second-order valence-corrected chi connectivity index (χ2v) is 5.22. The Kier molecular flexibility index (Phi) is 6.48. The molecule has 1 aromatic heterocycles. The quantitative estimate of drug-likeness (QED) is 0.690. The summed E-state index contributed by atoms with van der Waals surface area (Å²) in [5.74, 6) is -1.29. The number of carboxylic acid groups (broad SMARTS) is 1. The molecule has 1 aromatic rings. The number of carbonyl (C=O) groups excluding carboxylic acids is 1. The fourth-order valence-electron chi connectivity index (χ4n) is 1.25. The summed E-state index contributed by atoms with van der Waals surface area (Å²) in [5, 5.41) is 11.4. The average molecular weight is 286 g/mol. The van der Waals surface area contributed by atoms with E-state index in [4.69, 9.17) is 9.84 Å². The lowest BCUT2D eigenvalue weighted by atomic mass is 10.4. The van der Waals surface area contributed by atoms with Crippen LogP contribution in [0.25, 0.3) is 0 Å². The maximum atomic E-state index is 11.7. The molecule has 0 aliphatic heterocycles. The molecule has 1 amide bonds. The second kappa shape index (κ2) is 7.88. The molecule has 0 fully saturated rings. The number of rotatable bonds is 8. The zero-order valence-electron chi connectivity index (χ0n) is 11.0. The fraction of sp³-hybridized carbons (Fsp3) is 0.500. The lowest BCUT2D eigenvalue weighted by molar-refractivity contribution is 0.0702. The first kappa shape index (κ1) is 15.6. The van der Waals surface area contributed by atoms with Gasteiger partial charge in [0.05, 0.1) is 18.1 Å². The summed E-state index contributed by atoms with van der Waals surface area (Å²) >= 11 is 0.962. The van der Waals surface area contributed by atoms with Gasteiger partial charge >= 0.3 is 5.97 Å². The van der Waals surface area contributed by atoms with E-state index in [1.807, 2.05) is 19.0 Å². The molecule has 7 heteroatoms. The van der Waals surface area contributed by atoms with Crippen LogP contribution in [-0.2, 0) is 4.74 Å². The van der Waals surface area contributed by atoms with E-state index in [2.05, 4.69) is 5.32 Å². The zero-order valence-corrected chi connectivity index (χ0v) is 11.8. The largest absolute Gasteiger partial charge is 0.477 e. The average Bonchev–Trinajstić information content (AvgIpc) is 2.82. The van der Waals surface area contributed by atoms with Crippen molar-refractivity contribution in [3.05, 3.63) is 21.9 Å². The van der Waals surface area contributed by atoms with Crippen LogP contribution in [-0.4, -0.2) is 62.3 Å². The number of ether oxygens (including phenoxy) is 1. The molecular formula is C12H18N2O4S. The topological polar surface area (TPSA) is 78.9 Å². The molecular weight excluding hydrogens is 268 g/mol. The van der Waals surface area contributed by atoms with E-state index >= 15 is 0 Å². The van der Waals surface area contributed by atoms with Gasteiger partial charge in [-0.1, -0.05) is 0 Å². The van der Waals surface area contributed by atoms with Crippen LogP contribution in [0.2, 0.25) is 0 Å². The molecule has 0 aliphatic rings. The Balaban J connectivity index is 2.22. The first-order valence-corrected chi connectivity index (χ1v) is 6.66. The molecule has 0 saturated carbocycles. The summed E-state index contributed by atoms with van der Waals surface area (Å²) < 4.78 is 5.33. The number of amides is 1. The Labute approximate surface area is 116 Å². The lowest BCUT2D eigenvalue weighted by Crippen LogP contribution is -2.27. The summed E-state index contributed by atoms with van der Waals surface area (Å²) in [4.78, 5) is 24.9. The van der Waals surface area contributed by atoms with Gasteiger partial charge < -0.3 is 20.1 Å². The van der Waals surface area contributed by atoms with Crippen LogP contribution in [0, 0.1) is 0 Å². The van der Waals surface area contributed by atoms with Crippen molar-refractivity contribution < 1.29 is 19.4 Å². The maximum absolute atomic E-state index is 11.7. The number of hydrogen-bond donors (Lipinski definition) is 2. The number of aromatic carboxylic acids is 1. The van der Waals surface area contributed by atoms with E-state index in [9.17, 15) is 9.59 Å². The van der Waals surface area contributed by atoms with E-state index in [1.54, 1.807) is 0 Å². The van der Waals surface area contributed by atoms with Crippen LogP contribution in [0.1, 0.15) is 19.3 Å². The number of nitrogens with one attached hydrogen (secondary N) is 1. The smallest absolute Gasteiger partial charge is 0.345 e. The Morgan fingerprint density at radius 1 is 1.32 bits per heavy atom. The Hall–Kier alpha value is -1.44. The number of carbonyl (C=O) groups is 2. The van der Waals surface area contributed by atoms with Crippen molar-refractivity contribution >= 4 is 23.2 Å². The predicted molar refractivity (Wildman–Crippen MR) is 73.0 cm³/mol. The molecule has 0 bridgehead atoms. The van der Waals surface area contributed by atoms with Crippen LogP contribution < -0.4 is 5.32 Å². The van der Waals surface area contributed by atoms with Crippen molar-refractivity contribution in [3.63, 3.8) is 0 Å². The Bertz CT molecular complexity index is 431. The van der Waals surface area contributed by atoms with Gasteiger partial charge in [-0.3, -0.25) is 4.79 Å². The van der Waals surface area contributed by atoms with Crippen molar-refractivity contribution in [1.82, 2.24) is 10.2 Å². The van der Waals surface area contributed by atoms with Gasteiger partial charge in [-0.2, -0.15) is 0 Å². The molecule has 0 radical (unpaired) electrons. The van der Waals surface area contributed by atoms with E-state index in [0.717, 1.165) is 17.9 Å². The molecule has 6 nitrogen and oxygen atoms in total. The van der Waals surface area contributed by atoms with Gasteiger partial charge in [-0.05, 0) is 26.2 Å². The number of carboxylic acids is 1. The minimum atomic E-state index is -1.02. The van der Waals surface area contributed by atoms with E-state index < -0.39 is 5.97 Å². The van der Waals surface area contributed by atoms with Gasteiger partial charge in [0, 0.05) is 13.1 Å². The molecule has 2 N–H and O–H groups in total. The molecule has 1 heterocycles. The third-order valence-electron chi connectivity index (χ3n) is 2.26. The highest BCUT2D eigenvalue weighted by molar-refractivity contribution is 7.15. The van der Waals surface area contributed by atoms with E-state index in [0.29, 0.717) is 24.6 Å². The van der Waals surface area contributed by atoms with Crippen LogP contribution >= 0.6 is 11.3 Å². The van der Waals surface area contributed by atoms with Crippen LogP contribution in [0.15, 0.2) is 12.1 Å². The summed E-state index contributed by atoms with van der Waals surface area (Å²) in [7, 11) is 3.92. The lowest BCUT2D eigenvalue weighted by Gasteiger charge is -2.09. The second-order valence-electron chi connectivity index (χ2n) is 4.14. The van der Waals surface area contributed by atoms with Crippen LogP contribution in [0.3, 0.4) is 0 Å². The third-order valence-corrected chi connectivity index (χ3v) is 3.33. The SMILES string of the molecule is CN(C)CCOCCNC(=O)c1ccc(C(=O)O)s1. The van der Waals surface area contributed by atoms with Crippen molar-refractivity contribution in [2.75, 3.05) is 40.4 Å². The van der Waals surface area contributed by atoms with Crippen LogP contribution in [0.4, 0.5) is 0 Å². The number of nitrogens with zero attached hydrogens (tertiary/aromatic N) is 1. The Morgan fingerprint density at radius 3 is 2.58 bits per heavy atom. The summed E-state index contributed by atoms with van der Waals surface area (Å²) in [6.45, 7) is 2.30. The first-order valence-electron chi connectivity index (χ1n) is 5.84. The fourth-order valence-corrected chi connectivity index (χ4v) is 2.01. The normalized spacial score (nSPS) is 10.7. The first-order chi connectivity index (χ1) is 9.00. The van der Waals surface area contributed by atoms with Crippen molar-refractivity contribution in [3.8, 4) is 0 Å². The third kappa shape index (κ3) is 5.82. The molecule has 19 heavy (non-hydrogen) atoms. The highest BCUT2D eigenvalue weighted by atomic mass is 32.1. The van der Waals surface area contributed by atoms with Gasteiger partial charge in [0.25, 0.3) is 5.91 Å². The summed E-state index contributed by atoms with van der Waals surface area (Å²) in [6, 6.07) is 2.94. The zero-order chi connectivity index (χ0) is 14.3. The van der Waals surface area contributed by atoms with E-state index in [-0.39, 0.29) is 10.8 Å². The highest BCUT2D eigenvalue weighted by Crippen LogP contribution is 2.15. The van der Waals surface area contributed by atoms with Gasteiger partial charge in [-0.25, -0.2) is 4.79 Å². The molecule has 0 aromatic carbocycles. The molecule has 0 atom stereocenters. The van der Waals surface area contributed by atoms with Gasteiger partial charge in [0.15, 0.2) is 0 Å². The molecule has 0 aliphatic carbocycles.